The first-order chi connectivity index (χ1) is 10.2. The van der Waals surface area contributed by atoms with E-state index in [4.69, 9.17) is 28.3 Å². The second kappa shape index (κ2) is 6.32. The average molecular weight is 346 g/mol. The lowest BCUT2D eigenvalue weighted by molar-refractivity contribution is 0.0618. The lowest BCUT2D eigenvalue weighted by atomic mass is 10.1. The van der Waals surface area contributed by atoms with Gasteiger partial charge < -0.3 is 20.1 Å². The van der Waals surface area contributed by atoms with Gasteiger partial charge in [-0.15, -0.1) is 0 Å². The Labute approximate surface area is 137 Å². The molecule has 0 saturated carbocycles. The molecule has 3 N–H and O–H groups in total. The summed E-state index contributed by atoms with van der Waals surface area (Å²) in [6.07, 6.45) is -0.692. The minimum absolute atomic E-state index is 0.228. The Morgan fingerprint density at radius 2 is 2.00 bits per heavy atom. The number of carbonyl (C=O) groups is 1. The molecule has 22 heavy (non-hydrogen) atoms. The number of benzene rings is 1. The van der Waals surface area contributed by atoms with E-state index in [1.165, 1.54) is 0 Å². The summed E-state index contributed by atoms with van der Waals surface area (Å²) in [4.78, 5) is 15.0. The highest BCUT2D eigenvalue weighted by atomic mass is 35.5. The second-order valence-corrected chi connectivity index (χ2v) is 6.48. The van der Waals surface area contributed by atoms with Crippen molar-refractivity contribution in [2.75, 3.05) is 6.54 Å². The van der Waals surface area contributed by atoms with E-state index in [1.54, 1.807) is 26.0 Å². The van der Waals surface area contributed by atoms with Gasteiger partial charge in [0.25, 0.3) is 0 Å². The van der Waals surface area contributed by atoms with Crippen molar-refractivity contribution in [2.24, 2.45) is 0 Å². The van der Waals surface area contributed by atoms with Gasteiger partial charge in [-0.2, -0.15) is 0 Å². The first kappa shape index (κ1) is 16.9. The van der Waals surface area contributed by atoms with Crippen LogP contribution in [0, 0.1) is 0 Å². The van der Waals surface area contributed by atoms with Gasteiger partial charge in [-0.1, -0.05) is 23.2 Å². The van der Waals surface area contributed by atoms with E-state index in [0.29, 0.717) is 34.4 Å². The van der Waals surface area contributed by atoms with Crippen LogP contribution in [0.1, 0.15) is 19.7 Å². The molecule has 0 unspecified atom stereocenters. The number of rotatable bonds is 5. The van der Waals surface area contributed by atoms with E-state index in [9.17, 15) is 9.90 Å². The van der Waals surface area contributed by atoms with Crippen molar-refractivity contribution in [3.05, 3.63) is 28.0 Å². The summed E-state index contributed by atoms with van der Waals surface area (Å²) >= 11 is 12.1. The third kappa shape index (κ3) is 4.03. The number of hydrogen-bond donors (Lipinski definition) is 3. The summed E-state index contributed by atoms with van der Waals surface area (Å²) in [5, 5.41) is 21.8. The van der Waals surface area contributed by atoms with Crippen LogP contribution in [0.3, 0.4) is 0 Å². The number of aromatic nitrogens is 2. The van der Waals surface area contributed by atoms with E-state index in [1.807, 2.05) is 4.57 Å². The molecule has 0 radical (unpaired) electrons. The highest BCUT2D eigenvalue weighted by Gasteiger charge is 2.20. The standard InChI is InChI=1S/C14H17Cl2N3O3/c1-14(2,22)7-19-11-6-9(16)8(15)5-10(11)18-12(19)3-4-17-13(20)21/h5-6,17,22H,3-4,7H2,1-2H3,(H,20,21). The molecular formula is C14H17Cl2N3O3. The Kier molecular flexibility index (Phi) is 4.84. The Balaban J connectivity index is 2.43. The third-order valence-corrected chi connectivity index (χ3v) is 3.76. The fourth-order valence-electron chi connectivity index (χ4n) is 2.21. The predicted molar refractivity (Wildman–Crippen MR) is 85.8 cm³/mol. The molecule has 0 saturated heterocycles. The van der Waals surface area contributed by atoms with Gasteiger partial charge in [0.15, 0.2) is 0 Å². The number of amides is 1. The summed E-state index contributed by atoms with van der Waals surface area (Å²) in [5.74, 6) is 0.657. The molecule has 2 rings (SSSR count). The average Bonchev–Trinajstić information content (AvgIpc) is 2.66. The van der Waals surface area contributed by atoms with Gasteiger partial charge >= 0.3 is 6.09 Å². The van der Waals surface area contributed by atoms with Gasteiger partial charge in [0.2, 0.25) is 0 Å². The molecule has 0 bridgehead atoms. The quantitative estimate of drug-likeness (QED) is 0.777. The number of nitrogens with zero attached hydrogens (tertiary/aromatic N) is 2. The van der Waals surface area contributed by atoms with Crippen molar-refractivity contribution in [1.82, 2.24) is 14.9 Å². The fourth-order valence-corrected chi connectivity index (χ4v) is 2.52. The Morgan fingerprint density at radius 1 is 1.36 bits per heavy atom. The molecule has 2 aromatic rings. The molecule has 1 aromatic heterocycles. The van der Waals surface area contributed by atoms with Crippen molar-refractivity contribution in [2.45, 2.75) is 32.4 Å². The number of halogens is 2. The van der Waals surface area contributed by atoms with Crippen molar-refractivity contribution < 1.29 is 15.0 Å². The maximum Gasteiger partial charge on any atom is 0.404 e. The molecule has 120 valence electrons. The molecule has 0 spiro atoms. The molecule has 6 nitrogen and oxygen atoms in total. The first-order valence-electron chi connectivity index (χ1n) is 6.71. The lowest BCUT2D eigenvalue weighted by Gasteiger charge is -2.20. The number of fused-ring (bicyclic) bond motifs is 1. The summed E-state index contributed by atoms with van der Waals surface area (Å²) in [6.45, 7) is 3.92. The number of imidazole rings is 1. The molecule has 0 aliphatic rings. The lowest BCUT2D eigenvalue weighted by Crippen LogP contribution is -2.29. The minimum atomic E-state index is -1.09. The van der Waals surface area contributed by atoms with Gasteiger partial charge in [-0.05, 0) is 26.0 Å². The van der Waals surface area contributed by atoms with Crippen LogP contribution in [0.15, 0.2) is 12.1 Å². The summed E-state index contributed by atoms with van der Waals surface area (Å²) in [6, 6.07) is 3.36. The number of aliphatic hydroxyl groups is 1. The smallest absolute Gasteiger partial charge is 0.404 e. The Hall–Kier alpha value is -1.50. The largest absolute Gasteiger partial charge is 0.465 e. The van der Waals surface area contributed by atoms with E-state index in [0.717, 1.165) is 5.52 Å². The van der Waals surface area contributed by atoms with E-state index in [-0.39, 0.29) is 6.54 Å². The monoisotopic (exact) mass is 345 g/mol. The maximum absolute atomic E-state index is 10.6. The zero-order valence-electron chi connectivity index (χ0n) is 12.2. The Morgan fingerprint density at radius 3 is 2.59 bits per heavy atom. The predicted octanol–water partition coefficient (Wildman–Crippen LogP) is 2.92. The molecule has 0 aliphatic heterocycles. The molecular weight excluding hydrogens is 329 g/mol. The van der Waals surface area contributed by atoms with Crippen LogP contribution >= 0.6 is 23.2 Å². The van der Waals surface area contributed by atoms with Gasteiger partial charge in [0.05, 0.1) is 33.2 Å². The minimum Gasteiger partial charge on any atom is -0.465 e. The normalized spacial score (nSPS) is 11.9. The molecule has 0 atom stereocenters. The van der Waals surface area contributed by atoms with Crippen molar-refractivity contribution >= 4 is 40.3 Å². The summed E-state index contributed by atoms with van der Waals surface area (Å²) < 4.78 is 1.83. The van der Waals surface area contributed by atoms with Crippen molar-refractivity contribution in [3.8, 4) is 0 Å². The first-order valence-corrected chi connectivity index (χ1v) is 7.46. The highest BCUT2D eigenvalue weighted by Crippen LogP contribution is 2.29. The van der Waals surface area contributed by atoms with Crippen LogP contribution in [0.2, 0.25) is 10.0 Å². The molecule has 1 heterocycles. The fraction of sp³-hybridized carbons (Fsp3) is 0.429. The van der Waals surface area contributed by atoms with E-state index >= 15 is 0 Å². The van der Waals surface area contributed by atoms with Crippen molar-refractivity contribution in [1.29, 1.82) is 0 Å². The number of nitrogens with one attached hydrogen (secondary N) is 1. The number of carboxylic acid groups (broad SMARTS) is 1. The van der Waals surface area contributed by atoms with E-state index in [2.05, 4.69) is 10.3 Å². The SMILES string of the molecule is CC(C)(O)Cn1c(CCNC(=O)O)nc2cc(Cl)c(Cl)cc21. The van der Waals surface area contributed by atoms with Crippen LogP contribution in [-0.2, 0) is 13.0 Å². The van der Waals surface area contributed by atoms with Crippen LogP contribution in [0.4, 0.5) is 4.79 Å². The second-order valence-electron chi connectivity index (χ2n) is 5.66. The summed E-state index contributed by atoms with van der Waals surface area (Å²) in [5.41, 5.74) is 0.458. The van der Waals surface area contributed by atoms with Crippen LogP contribution < -0.4 is 5.32 Å². The zero-order chi connectivity index (χ0) is 16.5. The maximum atomic E-state index is 10.6. The molecule has 1 aromatic carbocycles. The summed E-state index contributed by atoms with van der Waals surface area (Å²) in [7, 11) is 0. The van der Waals surface area contributed by atoms with Gasteiger partial charge in [-0.3, -0.25) is 0 Å². The van der Waals surface area contributed by atoms with Gasteiger partial charge in [0, 0.05) is 13.0 Å². The van der Waals surface area contributed by atoms with Crippen LogP contribution in [0.5, 0.6) is 0 Å². The van der Waals surface area contributed by atoms with E-state index < -0.39 is 11.7 Å². The van der Waals surface area contributed by atoms with Crippen LogP contribution in [0.25, 0.3) is 11.0 Å². The molecule has 1 amide bonds. The van der Waals surface area contributed by atoms with Gasteiger partial charge in [0.1, 0.15) is 5.82 Å². The molecule has 8 heteroatoms. The topological polar surface area (TPSA) is 87.4 Å². The molecule has 0 aliphatic carbocycles. The third-order valence-electron chi connectivity index (χ3n) is 3.04. The van der Waals surface area contributed by atoms with Crippen molar-refractivity contribution in [3.63, 3.8) is 0 Å². The van der Waals surface area contributed by atoms with Gasteiger partial charge in [-0.25, -0.2) is 9.78 Å². The Bertz CT molecular complexity index is 707. The zero-order valence-corrected chi connectivity index (χ0v) is 13.7. The number of hydrogen-bond acceptors (Lipinski definition) is 3. The molecule has 0 fully saturated rings. The van der Waals surface area contributed by atoms with Crippen LogP contribution in [-0.4, -0.2) is 38.0 Å². The highest BCUT2D eigenvalue weighted by molar-refractivity contribution is 6.42.